The number of hydrogen-bond acceptors (Lipinski definition) is 2. The van der Waals surface area contributed by atoms with Crippen molar-refractivity contribution in [2.75, 3.05) is 0 Å². The van der Waals surface area contributed by atoms with E-state index >= 15 is 0 Å². The van der Waals surface area contributed by atoms with E-state index in [2.05, 4.69) is 185 Å². The third kappa shape index (κ3) is 4.66. The average Bonchev–Trinajstić information content (AvgIpc) is 3.91. The van der Waals surface area contributed by atoms with Gasteiger partial charge in [0.2, 0.25) is 0 Å². The van der Waals surface area contributed by atoms with E-state index in [0.29, 0.717) is 0 Å². The number of nitrogens with zero attached hydrogens (tertiary/aromatic N) is 3. The molecule has 0 spiro atoms. The Kier molecular flexibility index (Phi) is 6.52. The van der Waals surface area contributed by atoms with E-state index in [4.69, 9.17) is 9.40 Å². The summed E-state index contributed by atoms with van der Waals surface area (Å²) in [6.07, 6.45) is 0. The van der Waals surface area contributed by atoms with E-state index < -0.39 is 0 Å². The van der Waals surface area contributed by atoms with Gasteiger partial charge in [0.05, 0.1) is 22.1 Å². The molecular formula is C49H31N3O. The molecule has 0 saturated heterocycles. The maximum absolute atomic E-state index is 6.49. The highest BCUT2D eigenvalue weighted by Crippen LogP contribution is 2.41. The predicted molar refractivity (Wildman–Crippen MR) is 219 cm³/mol. The molecule has 0 unspecified atom stereocenters. The molecule has 0 fully saturated rings. The number of imidazole rings is 1. The largest absolute Gasteiger partial charge is 0.456 e. The van der Waals surface area contributed by atoms with E-state index in [1.807, 2.05) is 12.1 Å². The average molecular weight is 678 g/mol. The van der Waals surface area contributed by atoms with Crippen LogP contribution in [0.25, 0.3) is 99.8 Å². The molecule has 0 aliphatic rings. The van der Waals surface area contributed by atoms with Crippen molar-refractivity contribution < 1.29 is 4.42 Å². The monoisotopic (exact) mass is 677 g/mol. The lowest BCUT2D eigenvalue weighted by Gasteiger charge is -2.10. The van der Waals surface area contributed by atoms with Gasteiger partial charge in [-0.25, -0.2) is 4.98 Å². The zero-order valence-electron chi connectivity index (χ0n) is 28.6. The Hall–Kier alpha value is -7.17. The lowest BCUT2D eigenvalue weighted by atomic mass is 9.96. The summed E-state index contributed by atoms with van der Waals surface area (Å²) in [6, 6.07) is 66.6. The van der Waals surface area contributed by atoms with E-state index in [0.717, 1.165) is 72.4 Å². The first-order valence-corrected chi connectivity index (χ1v) is 18.0. The second-order valence-electron chi connectivity index (χ2n) is 13.6. The van der Waals surface area contributed by atoms with E-state index in [9.17, 15) is 0 Å². The maximum atomic E-state index is 6.49. The Morgan fingerprint density at radius 3 is 1.79 bits per heavy atom. The zero-order valence-corrected chi connectivity index (χ0v) is 28.6. The zero-order chi connectivity index (χ0) is 34.9. The predicted octanol–water partition coefficient (Wildman–Crippen LogP) is 13.0. The van der Waals surface area contributed by atoms with Gasteiger partial charge >= 0.3 is 0 Å². The van der Waals surface area contributed by atoms with Gasteiger partial charge in [-0.3, -0.25) is 4.57 Å². The summed E-state index contributed by atoms with van der Waals surface area (Å²) in [6.45, 7) is 0. The molecule has 0 bridgehead atoms. The molecule has 0 radical (unpaired) electrons. The van der Waals surface area contributed by atoms with Crippen LogP contribution in [0.3, 0.4) is 0 Å². The smallest absolute Gasteiger partial charge is 0.145 e. The highest BCUT2D eigenvalue weighted by molar-refractivity contribution is 6.14. The fourth-order valence-corrected chi connectivity index (χ4v) is 8.12. The van der Waals surface area contributed by atoms with Crippen molar-refractivity contribution in [2.24, 2.45) is 0 Å². The minimum absolute atomic E-state index is 0.871. The quantitative estimate of drug-likeness (QED) is 0.182. The van der Waals surface area contributed by atoms with Crippen molar-refractivity contribution in [3.8, 4) is 45.0 Å². The van der Waals surface area contributed by atoms with Crippen molar-refractivity contribution in [2.45, 2.75) is 0 Å². The number of fused-ring (bicyclic) bond motifs is 7. The molecule has 0 aliphatic carbocycles. The first-order valence-electron chi connectivity index (χ1n) is 18.0. The van der Waals surface area contributed by atoms with Crippen molar-refractivity contribution in [1.82, 2.24) is 14.1 Å². The first-order chi connectivity index (χ1) is 26.3. The molecule has 0 N–H and O–H groups in total. The van der Waals surface area contributed by atoms with Gasteiger partial charge in [-0.2, -0.15) is 0 Å². The van der Waals surface area contributed by atoms with Crippen LogP contribution in [0.5, 0.6) is 0 Å². The fraction of sp³-hybridized carbons (Fsp3) is 0. The number of rotatable bonds is 5. The van der Waals surface area contributed by atoms with Crippen molar-refractivity contribution in [1.29, 1.82) is 0 Å². The second-order valence-corrected chi connectivity index (χ2v) is 13.6. The lowest BCUT2D eigenvalue weighted by Crippen LogP contribution is -1.97. The Balaban J connectivity index is 1.07. The van der Waals surface area contributed by atoms with Crippen molar-refractivity contribution >= 4 is 54.8 Å². The first kappa shape index (κ1) is 29.5. The molecule has 3 aromatic heterocycles. The Bertz CT molecular complexity index is 3150. The maximum Gasteiger partial charge on any atom is 0.145 e. The topological polar surface area (TPSA) is 35.9 Å². The molecule has 4 heteroatoms. The molecular weight excluding hydrogens is 647 g/mol. The number of furan rings is 1. The number of para-hydroxylation sites is 3. The normalized spacial score (nSPS) is 11.8. The molecule has 11 rings (SSSR count). The molecule has 0 atom stereocenters. The highest BCUT2D eigenvalue weighted by atomic mass is 16.3. The van der Waals surface area contributed by atoms with Crippen molar-refractivity contribution in [3.63, 3.8) is 0 Å². The molecule has 4 nitrogen and oxygen atoms in total. The molecule has 3 heterocycles. The SMILES string of the molecule is c1ccc(-c2nc3cc(-c4cccc5oc6ccc(-c7ccc8c(c7)c7ccccc7n8-c7ccccc7)cc6c45)ccc3n2-c2ccccc2)cc1. The van der Waals surface area contributed by atoms with Gasteiger partial charge < -0.3 is 8.98 Å². The van der Waals surface area contributed by atoms with Crippen molar-refractivity contribution in [3.05, 3.63) is 188 Å². The second kappa shape index (κ2) is 11.7. The summed E-state index contributed by atoms with van der Waals surface area (Å²) >= 11 is 0. The van der Waals surface area contributed by atoms with Gasteiger partial charge in [0, 0.05) is 38.5 Å². The summed E-state index contributed by atoms with van der Waals surface area (Å²) in [5.74, 6) is 0.921. The van der Waals surface area contributed by atoms with Gasteiger partial charge in [-0.05, 0) is 95.1 Å². The highest BCUT2D eigenvalue weighted by Gasteiger charge is 2.19. The summed E-state index contributed by atoms with van der Waals surface area (Å²) in [7, 11) is 0. The molecule has 248 valence electrons. The molecule has 8 aromatic carbocycles. The van der Waals surface area contributed by atoms with Gasteiger partial charge in [0.1, 0.15) is 17.0 Å². The van der Waals surface area contributed by atoms with Crippen LogP contribution in [0.4, 0.5) is 0 Å². The van der Waals surface area contributed by atoms with Crippen LogP contribution in [0.1, 0.15) is 0 Å². The van der Waals surface area contributed by atoms with Gasteiger partial charge in [-0.1, -0.05) is 115 Å². The summed E-state index contributed by atoms with van der Waals surface area (Å²) in [5, 5.41) is 4.68. The van der Waals surface area contributed by atoms with Crippen LogP contribution in [0, 0.1) is 0 Å². The minimum Gasteiger partial charge on any atom is -0.456 e. The van der Waals surface area contributed by atoms with Crippen LogP contribution in [-0.4, -0.2) is 14.1 Å². The molecule has 53 heavy (non-hydrogen) atoms. The summed E-state index contributed by atoms with van der Waals surface area (Å²) in [4.78, 5) is 5.23. The van der Waals surface area contributed by atoms with Crippen LogP contribution in [-0.2, 0) is 0 Å². The Morgan fingerprint density at radius 1 is 0.377 bits per heavy atom. The third-order valence-corrected chi connectivity index (χ3v) is 10.5. The number of aromatic nitrogens is 3. The molecule has 0 saturated carbocycles. The fourth-order valence-electron chi connectivity index (χ4n) is 8.12. The van der Waals surface area contributed by atoms with Gasteiger partial charge in [0.25, 0.3) is 0 Å². The molecule has 0 aliphatic heterocycles. The van der Waals surface area contributed by atoms with Crippen LogP contribution in [0.2, 0.25) is 0 Å². The van der Waals surface area contributed by atoms with E-state index in [-0.39, 0.29) is 0 Å². The van der Waals surface area contributed by atoms with E-state index in [1.165, 1.54) is 27.4 Å². The third-order valence-electron chi connectivity index (χ3n) is 10.5. The van der Waals surface area contributed by atoms with E-state index in [1.54, 1.807) is 0 Å². The summed E-state index contributed by atoms with van der Waals surface area (Å²) < 4.78 is 11.1. The Labute approximate surface area is 305 Å². The molecule has 0 amide bonds. The van der Waals surface area contributed by atoms with Gasteiger partial charge in [-0.15, -0.1) is 0 Å². The lowest BCUT2D eigenvalue weighted by molar-refractivity contribution is 0.669. The standard InChI is InChI=1S/C49H31N3O/c1-4-13-32(14-5-1)49-50-42-31-35(24-27-45(42)52(49)37-17-8-3-9-18-37)38-20-12-22-47-48(38)41-30-34(25-28-46(41)53-47)33-23-26-44-40(29-33)39-19-10-11-21-43(39)51(44)36-15-6-2-7-16-36/h1-31H. The van der Waals surface area contributed by atoms with Crippen LogP contribution < -0.4 is 0 Å². The van der Waals surface area contributed by atoms with Crippen LogP contribution >= 0.6 is 0 Å². The molecule has 11 aromatic rings. The summed E-state index contributed by atoms with van der Waals surface area (Å²) in [5.41, 5.74) is 14.0. The number of benzene rings is 8. The van der Waals surface area contributed by atoms with Crippen LogP contribution in [0.15, 0.2) is 192 Å². The Morgan fingerprint density at radius 2 is 1.00 bits per heavy atom. The number of hydrogen-bond donors (Lipinski definition) is 0. The van der Waals surface area contributed by atoms with Gasteiger partial charge in [0.15, 0.2) is 0 Å². The minimum atomic E-state index is 0.871.